The zero-order valence-corrected chi connectivity index (χ0v) is 25.7. The number of carbonyl (C=O) groups excluding carboxylic acids is 1. The van der Waals surface area contributed by atoms with E-state index >= 15 is 0 Å². The van der Waals surface area contributed by atoms with Crippen LogP contribution in [0.1, 0.15) is 112 Å². The molecule has 6 nitrogen and oxygen atoms in total. The molecule has 0 saturated heterocycles. The number of rotatable bonds is 1. The fourth-order valence-corrected chi connectivity index (χ4v) is 10.9. The number of hydrogen-bond acceptors (Lipinski definition) is 6. The normalized spacial score (nSPS) is 42.5. The topological polar surface area (TPSA) is 100 Å². The summed E-state index contributed by atoms with van der Waals surface area (Å²) in [6.07, 6.45) is 2.53. The van der Waals surface area contributed by atoms with Crippen molar-refractivity contribution < 1.29 is 27.6 Å². The summed E-state index contributed by atoms with van der Waals surface area (Å²) in [5.41, 5.74) is -1.28. The van der Waals surface area contributed by atoms with Crippen LogP contribution in [0.3, 0.4) is 0 Å². The Bertz CT molecular complexity index is 1460. The molecule has 5 aliphatic rings. The molecule has 0 aromatic carbocycles. The zero-order chi connectivity index (χ0) is 30.9. The van der Waals surface area contributed by atoms with Gasteiger partial charge in [-0.05, 0) is 90.9 Å². The first-order valence-electron chi connectivity index (χ1n) is 15.3. The lowest BCUT2D eigenvalue weighted by Gasteiger charge is -2.69. The molecule has 42 heavy (non-hydrogen) atoms. The SMILES string of the molecule is CC1(C)CC[C@]2(c3noc(C(F)(F)F)n3)CC[C@]3(C)[C@H](C(=O)C=C4[C@@]5(C)CC(C#N)=C(O)C(C)(C)[C@@H]5CC[C@]43C)[C@@H]2C1. The van der Waals surface area contributed by atoms with Gasteiger partial charge in [-0.3, -0.25) is 4.79 Å². The quantitative estimate of drug-likeness (QED) is 0.356. The Hall–Kier alpha value is -2.63. The van der Waals surface area contributed by atoms with E-state index in [1.165, 1.54) is 0 Å². The molecule has 0 bridgehead atoms. The van der Waals surface area contributed by atoms with E-state index in [1.54, 1.807) is 0 Å². The zero-order valence-electron chi connectivity index (χ0n) is 25.7. The molecule has 1 aromatic rings. The average Bonchev–Trinajstić information content (AvgIpc) is 3.39. The molecule has 1 heterocycles. The van der Waals surface area contributed by atoms with Crippen molar-refractivity contribution in [3.8, 4) is 6.07 Å². The van der Waals surface area contributed by atoms with E-state index in [4.69, 9.17) is 4.52 Å². The van der Waals surface area contributed by atoms with E-state index in [0.29, 0.717) is 37.7 Å². The van der Waals surface area contributed by atoms with Gasteiger partial charge in [0.2, 0.25) is 0 Å². The molecule has 3 saturated carbocycles. The Morgan fingerprint density at radius 2 is 1.71 bits per heavy atom. The van der Waals surface area contributed by atoms with Crippen molar-refractivity contribution >= 4 is 5.78 Å². The molecule has 0 radical (unpaired) electrons. The summed E-state index contributed by atoms with van der Waals surface area (Å²) in [6, 6.07) is 2.25. The number of allylic oxidation sites excluding steroid dienone is 4. The van der Waals surface area contributed by atoms with E-state index < -0.39 is 39.6 Å². The number of halogens is 3. The molecule has 9 heteroatoms. The van der Waals surface area contributed by atoms with Crippen LogP contribution in [0, 0.1) is 56.2 Å². The molecule has 6 rings (SSSR count). The van der Waals surface area contributed by atoms with Crippen molar-refractivity contribution in [1.82, 2.24) is 10.1 Å². The van der Waals surface area contributed by atoms with Gasteiger partial charge in [-0.2, -0.15) is 23.4 Å². The van der Waals surface area contributed by atoms with Gasteiger partial charge in [0.05, 0.1) is 11.6 Å². The minimum absolute atomic E-state index is 0.0215. The third kappa shape index (κ3) is 3.59. The van der Waals surface area contributed by atoms with Gasteiger partial charge in [0.15, 0.2) is 11.6 Å². The maximum Gasteiger partial charge on any atom is 0.471 e. The highest BCUT2D eigenvalue weighted by atomic mass is 19.4. The number of nitrogens with zero attached hydrogens (tertiary/aromatic N) is 3. The van der Waals surface area contributed by atoms with Gasteiger partial charge in [0, 0.05) is 16.7 Å². The molecule has 1 N–H and O–H groups in total. The van der Waals surface area contributed by atoms with Crippen molar-refractivity contribution in [1.29, 1.82) is 5.26 Å². The minimum atomic E-state index is -4.73. The van der Waals surface area contributed by atoms with Crippen LogP contribution < -0.4 is 0 Å². The lowest BCUT2D eigenvalue weighted by Crippen LogP contribution is -2.65. The highest BCUT2D eigenvalue weighted by Crippen LogP contribution is 2.75. The van der Waals surface area contributed by atoms with Crippen molar-refractivity contribution in [3.05, 3.63) is 34.7 Å². The number of aliphatic hydroxyl groups is 1. The molecule has 3 fully saturated rings. The van der Waals surface area contributed by atoms with Crippen LogP contribution in [-0.2, 0) is 16.4 Å². The number of hydrogen-bond donors (Lipinski definition) is 1. The van der Waals surface area contributed by atoms with Gasteiger partial charge >= 0.3 is 12.1 Å². The number of aliphatic hydroxyl groups excluding tert-OH is 1. The van der Waals surface area contributed by atoms with Crippen LogP contribution in [0.5, 0.6) is 0 Å². The molecule has 0 aliphatic heterocycles. The van der Waals surface area contributed by atoms with E-state index in [0.717, 1.165) is 24.8 Å². The van der Waals surface area contributed by atoms with Crippen LogP contribution in [-0.4, -0.2) is 21.0 Å². The van der Waals surface area contributed by atoms with E-state index in [1.807, 2.05) is 19.9 Å². The Kier molecular flexibility index (Phi) is 5.96. The van der Waals surface area contributed by atoms with Crippen LogP contribution in [0.15, 0.2) is 27.5 Å². The molecular formula is C33H42F3N3O3. The number of aromatic nitrogens is 2. The predicted molar refractivity (Wildman–Crippen MR) is 149 cm³/mol. The highest BCUT2D eigenvalue weighted by Gasteiger charge is 2.70. The predicted octanol–water partition coefficient (Wildman–Crippen LogP) is 8.27. The number of fused-ring (bicyclic) bond motifs is 7. The van der Waals surface area contributed by atoms with Crippen LogP contribution >= 0.6 is 0 Å². The van der Waals surface area contributed by atoms with Crippen LogP contribution in [0.4, 0.5) is 13.2 Å². The second-order valence-corrected chi connectivity index (χ2v) is 16.1. The molecule has 0 amide bonds. The molecule has 0 unspecified atom stereocenters. The smallest absolute Gasteiger partial charge is 0.471 e. The standard InChI is InChI=1S/C33H42F3N3O3/c1-27(2)10-12-32(25-38-26(42-39-25)33(34,35)36)13-11-31(7)23(19(32)16-27)20(40)14-22-29(5)15-18(17-37)24(41)28(3,4)21(29)8-9-30(22,31)6/h14,19,21,23,41H,8-13,15-16H2,1-7H3/t19-,21-,23-,29-,30+,31+,32-/m0/s1. The van der Waals surface area contributed by atoms with Crippen molar-refractivity contribution in [3.63, 3.8) is 0 Å². The van der Waals surface area contributed by atoms with Crippen LogP contribution in [0.2, 0.25) is 0 Å². The largest absolute Gasteiger partial charge is 0.511 e. The molecule has 0 spiro atoms. The summed E-state index contributed by atoms with van der Waals surface area (Å²) < 4.78 is 45.4. The number of carbonyl (C=O) groups is 1. The Morgan fingerprint density at radius 3 is 2.33 bits per heavy atom. The van der Waals surface area contributed by atoms with E-state index in [9.17, 15) is 28.3 Å². The minimum Gasteiger partial charge on any atom is -0.511 e. The second kappa shape index (κ2) is 8.51. The van der Waals surface area contributed by atoms with Crippen molar-refractivity contribution in [2.75, 3.05) is 0 Å². The van der Waals surface area contributed by atoms with Gasteiger partial charge in [0.1, 0.15) is 5.76 Å². The summed E-state index contributed by atoms with van der Waals surface area (Å²) in [6.45, 7) is 15.0. The van der Waals surface area contributed by atoms with Gasteiger partial charge in [-0.1, -0.05) is 59.2 Å². The summed E-state index contributed by atoms with van der Waals surface area (Å²) in [5.74, 6) is -1.62. The second-order valence-electron chi connectivity index (χ2n) is 16.1. The molecule has 5 aliphatic carbocycles. The number of alkyl halides is 3. The Labute approximate surface area is 245 Å². The summed E-state index contributed by atoms with van der Waals surface area (Å²) >= 11 is 0. The number of nitriles is 1. The number of ketones is 1. The van der Waals surface area contributed by atoms with Gasteiger partial charge < -0.3 is 9.63 Å². The van der Waals surface area contributed by atoms with Crippen molar-refractivity contribution in [2.45, 2.75) is 111 Å². The summed E-state index contributed by atoms with van der Waals surface area (Å²) in [4.78, 5) is 18.5. The molecular weight excluding hydrogens is 543 g/mol. The first-order chi connectivity index (χ1) is 19.3. The third-order valence-corrected chi connectivity index (χ3v) is 13.2. The first-order valence-corrected chi connectivity index (χ1v) is 15.3. The maximum absolute atomic E-state index is 14.6. The lowest BCUT2D eigenvalue weighted by atomic mass is 9.34. The summed E-state index contributed by atoms with van der Waals surface area (Å²) in [5, 5.41) is 24.9. The van der Waals surface area contributed by atoms with Gasteiger partial charge in [0.25, 0.3) is 0 Å². The fraction of sp³-hybridized carbons (Fsp3) is 0.758. The van der Waals surface area contributed by atoms with Crippen molar-refractivity contribution in [2.24, 2.45) is 44.8 Å². The van der Waals surface area contributed by atoms with Crippen LogP contribution in [0.25, 0.3) is 0 Å². The molecule has 228 valence electrons. The summed E-state index contributed by atoms with van der Waals surface area (Å²) in [7, 11) is 0. The molecule has 1 aromatic heterocycles. The third-order valence-electron chi connectivity index (χ3n) is 13.2. The Balaban J connectivity index is 1.50. The monoisotopic (exact) mass is 585 g/mol. The average molecular weight is 586 g/mol. The lowest BCUT2D eigenvalue weighted by molar-refractivity contribution is -0.161. The first kappa shape index (κ1) is 29.4. The van der Waals surface area contributed by atoms with Gasteiger partial charge in [-0.15, -0.1) is 0 Å². The van der Waals surface area contributed by atoms with E-state index in [-0.39, 0.29) is 40.0 Å². The van der Waals surface area contributed by atoms with E-state index in [2.05, 4.69) is 50.8 Å². The fourth-order valence-electron chi connectivity index (χ4n) is 10.9. The molecule has 7 atom stereocenters. The Morgan fingerprint density at radius 1 is 1.05 bits per heavy atom. The van der Waals surface area contributed by atoms with Gasteiger partial charge in [-0.25, -0.2) is 0 Å². The highest BCUT2D eigenvalue weighted by molar-refractivity contribution is 5.95. The maximum atomic E-state index is 14.6.